The quantitative estimate of drug-likeness (QED) is 0.505. The number of benzene rings is 2. The second-order valence-corrected chi connectivity index (χ2v) is 7.49. The minimum atomic E-state index is -0.506. The number of ether oxygens (including phenoxy) is 1. The molecule has 0 unspecified atom stereocenters. The zero-order valence-electron chi connectivity index (χ0n) is 15.5. The van der Waals surface area contributed by atoms with Crippen LogP contribution in [0.4, 0.5) is 11.4 Å². The van der Waals surface area contributed by atoms with Gasteiger partial charge >= 0.3 is 5.97 Å². The van der Waals surface area contributed by atoms with Gasteiger partial charge in [0.1, 0.15) is 5.75 Å². The van der Waals surface area contributed by atoms with Gasteiger partial charge < -0.3 is 15.0 Å². The maximum Gasteiger partial charge on any atom is 0.343 e. The molecule has 2 heterocycles. The average molecular weight is 406 g/mol. The molecule has 2 aromatic carbocycles. The van der Waals surface area contributed by atoms with Gasteiger partial charge in [-0.25, -0.2) is 4.79 Å². The molecule has 0 saturated carbocycles. The van der Waals surface area contributed by atoms with Gasteiger partial charge in [-0.15, -0.1) is 11.3 Å². The minimum Gasteiger partial charge on any atom is -0.423 e. The third-order valence-electron chi connectivity index (χ3n) is 4.53. The van der Waals surface area contributed by atoms with Crippen molar-refractivity contribution in [2.45, 2.75) is 12.8 Å². The van der Waals surface area contributed by atoms with Crippen LogP contribution in [0.15, 0.2) is 66.0 Å². The van der Waals surface area contributed by atoms with Gasteiger partial charge in [-0.2, -0.15) is 0 Å². The number of amides is 2. The molecule has 7 heteroatoms. The smallest absolute Gasteiger partial charge is 0.343 e. The number of anilines is 2. The van der Waals surface area contributed by atoms with Gasteiger partial charge in [0.15, 0.2) is 0 Å². The maximum atomic E-state index is 12.5. The van der Waals surface area contributed by atoms with Crippen LogP contribution in [-0.4, -0.2) is 24.3 Å². The monoisotopic (exact) mass is 406 g/mol. The molecule has 1 N–H and O–H groups in total. The molecule has 146 valence electrons. The molecule has 1 aromatic heterocycles. The Morgan fingerprint density at radius 1 is 1.03 bits per heavy atom. The Balaban J connectivity index is 1.41. The molecule has 0 spiro atoms. The van der Waals surface area contributed by atoms with Crippen LogP contribution < -0.4 is 15.0 Å². The second kappa shape index (κ2) is 8.28. The van der Waals surface area contributed by atoms with Crippen LogP contribution in [0.3, 0.4) is 0 Å². The van der Waals surface area contributed by atoms with E-state index in [-0.39, 0.29) is 11.8 Å². The molecule has 3 aromatic rings. The van der Waals surface area contributed by atoms with E-state index in [1.54, 1.807) is 53.4 Å². The molecule has 0 radical (unpaired) electrons. The van der Waals surface area contributed by atoms with Crippen molar-refractivity contribution in [1.82, 2.24) is 0 Å². The highest BCUT2D eigenvalue weighted by Gasteiger charge is 2.22. The SMILES string of the molecule is O=C(Oc1ccc(NC(=O)c2cccs2)cc1)c1cccc(N2CCCC2=O)c1. The molecular formula is C22H18N2O4S. The number of rotatable bonds is 5. The number of carbonyl (C=O) groups excluding carboxylic acids is 3. The van der Waals surface area contributed by atoms with Crippen LogP contribution in [0.2, 0.25) is 0 Å². The Kier molecular flexibility index (Phi) is 5.39. The Labute approximate surface area is 171 Å². The van der Waals surface area contributed by atoms with Crippen LogP contribution in [0.25, 0.3) is 0 Å². The van der Waals surface area contributed by atoms with Crippen molar-refractivity contribution in [3.05, 3.63) is 76.5 Å². The van der Waals surface area contributed by atoms with Gasteiger partial charge in [-0.05, 0) is 60.3 Å². The number of hydrogen-bond acceptors (Lipinski definition) is 5. The first-order valence-corrected chi connectivity index (χ1v) is 10.1. The summed E-state index contributed by atoms with van der Waals surface area (Å²) in [5.41, 5.74) is 1.68. The van der Waals surface area contributed by atoms with E-state index >= 15 is 0 Å². The number of thiophene rings is 1. The third-order valence-corrected chi connectivity index (χ3v) is 5.40. The molecule has 2 amide bonds. The van der Waals surface area contributed by atoms with Crippen LogP contribution in [0.1, 0.15) is 32.9 Å². The van der Waals surface area contributed by atoms with Crippen molar-refractivity contribution < 1.29 is 19.1 Å². The van der Waals surface area contributed by atoms with Crippen molar-refractivity contribution in [3.8, 4) is 5.75 Å². The zero-order valence-corrected chi connectivity index (χ0v) is 16.3. The van der Waals surface area contributed by atoms with E-state index in [0.29, 0.717) is 40.5 Å². The lowest BCUT2D eigenvalue weighted by Gasteiger charge is -2.16. The lowest BCUT2D eigenvalue weighted by molar-refractivity contribution is -0.117. The van der Waals surface area contributed by atoms with Crippen molar-refractivity contribution in [2.75, 3.05) is 16.8 Å². The number of hydrogen-bond donors (Lipinski definition) is 1. The normalized spacial score (nSPS) is 13.4. The van der Waals surface area contributed by atoms with E-state index in [2.05, 4.69) is 5.32 Å². The summed E-state index contributed by atoms with van der Waals surface area (Å²) < 4.78 is 5.42. The highest BCUT2D eigenvalue weighted by molar-refractivity contribution is 7.12. The highest BCUT2D eigenvalue weighted by Crippen LogP contribution is 2.24. The molecule has 0 aliphatic carbocycles. The fourth-order valence-electron chi connectivity index (χ4n) is 3.09. The van der Waals surface area contributed by atoms with Crippen molar-refractivity contribution >= 4 is 40.5 Å². The molecule has 1 aliphatic heterocycles. The van der Waals surface area contributed by atoms with Crippen LogP contribution >= 0.6 is 11.3 Å². The molecule has 4 rings (SSSR count). The molecule has 0 atom stereocenters. The second-order valence-electron chi connectivity index (χ2n) is 6.54. The Bertz CT molecular complexity index is 1040. The lowest BCUT2D eigenvalue weighted by Crippen LogP contribution is -2.24. The number of esters is 1. The van der Waals surface area contributed by atoms with Gasteiger partial charge in [0, 0.05) is 24.3 Å². The summed E-state index contributed by atoms with van der Waals surface area (Å²) in [4.78, 5) is 38.8. The number of nitrogens with zero attached hydrogens (tertiary/aromatic N) is 1. The highest BCUT2D eigenvalue weighted by atomic mass is 32.1. The Morgan fingerprint density at radius 2 is 1.86 bits per heavy atom. The fraction of sp³-hybridized carbons (Fsp3) is 0.136. The maximum absolute atomic E-state index is 12.5. The van der Waals surface area contributed by atoms with Crippen molar-refractivity contribution in [2.24, 2.45) is 0 Å². The predicted octanol–water partition coefficient (Wildman–Crippen LogP) is 4.35. The van der Waals surface area contributed by atoms with Gasteiger partial charge in [0.25, 0.3) is 5.91 Å². The van der Waals surface area contributed by atoms with E-state index in [1.807, 2.05) is 17.5 Å². The third kappa shape index (κ3) is 4.35. The fourth-order valence-corrected chi connectivity index (χ4v) is 3.71. The summed E-state index contributed by atoms with van der Waals surface area (Å²) in [7, 11) is 0. The summed E-state index contributed by atoms with van der Waals surface area (Å²) in [6.07, 6.45) is 1.35. The van der Waals surface area contributed by atoms with Crippen LogP contribution in [-0.2, 0) is 4.79 Å². The van der Waals surface area contributed by atoms with Crippen LogP contribution in [0.5, 0.6) is 5.75 Å². The summed E-state index contributed by atoms with van der Waals surface area (Å²) in [5.74, 6) is -0.255. The van der Waals surface area contributed by atoms with E-state index < -0.39 is 5.97 Å². The van der Waals surface area contributed by atoms with Crippen LogP contribution in [0, 0.1) is 0 Å². The topological polar surface area (TPSA) is 75.7 Å². The standard InChI is InChI=1S/C22H18N2O4S/c25-20-7-2-12-24(20)17-5-1-4-15(14-17)22(27)28-18-10-8-16(9-11-18)23-21(26)19-6-3-13-29-19/h1,3-6,8-11,13-14H,2,7,12H2,(H,23,26). The summed E-state index contributed by atoms with van der Waals surface area (Å²) in [6, 6.07) is 17.0. The Hall–Kier alpha value is -3.45. The molecule has 1 saturated heterocycles. The summed E-state index contributed by atoms with van der Waals surface area (Å²) >= 11 is 1.36. The largest absolute Gasteiger partial charge is 0.423 e. The predicted molar refractivity (Wildman–Crippen MR) is 112 cm³/mol. The van der Waals surface area contributed by atoms with Gasteiger partial charge in [-0.3, -0.25) is 9.59 Å². The molecule has 1 fully saturated rings. The average Bonchev–Trinajstić information content (AvgIpc) is 3.41. The molecular weight excluding hydrogens is 388 g/mol. The van der Waals surface area contributed by atoms with Crippen molar-refractivity contribution in [3.63, 3.8) is 0 Å². The van der Waals surface area contributed by atoms with Gasteiger partial charge in [0.05, 0.1) is 10.4 Å². The van der Waals surface area contributed by atoms with Gasteiger partial charge in [0.2, 0.25) is 5.91 Å². The first-order chi connectivity index (χ1) is 14.1. The van der Waals surface area contributed by atoms with Gasteiger partial charge in [-0.1, -0.05) is 12.1 Å². The number of nitrogens with one attached hydrogen (secondary N) is 1. The number of carbonyl (C=O) groups is 3. The zero-order chi connectivity index (χ0) is 20.2. The molecule has 29 heavy (non-hydrogen) atoms. The Morgan fingerprint density at radius 3 is 2.55 bits per heavy atom. The molecule has 6 nitrogen and oxygen atoms in total. The molecule has 1 aliphatic rings. The van der Waals surface area contributed by atoms with E-state index in [1.165, 1.54) is 11.3 Å². The lowest BCUT2D eigenvalue weighted by atomic mass is 10.2. The van der Waals surface area contributed by atoms with E-state index in [9.17, 15) is 14.4 Å². The summed E-state index contributed by atoms with van der Waals surface area (Å²) in [6.45, 7) is 0.663. The van der Waals surface area contributed by atoms with Crippen molar-refractivity contribution in [1.29, 1.82) is 0 Å². The molecule has 0 bridgehead atoms. The first kappa shape index (κ1) is 18.9. The first-order valence-electron chi connectivity index (χ1n) is 9.18. The minimum absolute atomic E-state index is 0.0655. The van der Waals surface area contributed by atoms with E-state index in [4.69, 9.17) is 4.74 Å². The summed E-state index contributed by atoms with van der Waals surface area (Å²) in [5, 5.41) is 4.63. The van der Waals surface area contributed by atoms with E-state index in [0.717, 1.165) is 6.42 Å².